The summed E-state index contributed by atoms with van der Waals surface area (Å²) in [5.74, 6) is -1.03. The number of nitrogens with zero attached hydrogens (tertiary/aromatic N) is 1. The van der Waals surface area contributed by atoms with Crippen molar-refractivity contribution in [1.29, 1.82) is 0 Å². The topological polar surface area (TPSA) is 66.5 Å². The first-order valence-corrected chi connectivity index (χ1v) is 9.37. The summed E-state index contributed by atoms with van der Waals surface area (Å²) < 4.78 is 0. The van der Waals surface area contributed by atoms with Crippen LogP contribution >= 0.6 is 0 Å². The van der Waals surface area contributed by atoms with Crippen molar-refractivity contribution in [2.45, 2.75) is 20.4 Å². The molecule has 5 nitrogen and oxygen atoms in total. The molecule has 0 fully saturated rings. The average molecular weight is 384 g/mol. The van der Waals surface area contributed by atoms with Gasteiger partial charge in [0, 0.05) is 11.3 Å². The summed E-state index contributed by atoms with van der Waals surface area (Å²) in [6.45, 7) is 4.13. The number of aryl methyl sites for hydroxylation is 1. The molecular weight excluding hydrogens is 364 g/mol. The molecule has 144 valence electrons. The fraction of sp³-hybridized carbons (Fsp3) is 0.125. The van der Waals surface area contributed by atoms with Crippen molar-refractivity contribution < 1.29 is 14.4 Å². The predicted octanol–water partition coefficient (Wildman–Crippen LogP) is 4.35. The van der Waals surface area contributed by atoms with Crippen LogP contribution in [0, 0.1) is 13.8 Å². The Morgan fingerprint density at radius 2 is 1.59 bits per heavy atom. The third kappa shape index (κ3) is 3.43. The molecule has 0 aromatic heterocycles. The van der Waals surface area contributed by atoms with Crippen LogP contribution in [0.4, 0.5) is 5.69 Å². The second-order valence-electron chi connectivity index (χ2n) is 7.14. The van der Waals surface area contributed by atoms with Crippen LogP contribution in [0.25, 0.3) is 0 Å². The van der Waals surface area contributed by atoms with Crippen LogP contribution in [0.2, 0.25) is 0 Å². The van der Waals surface area contributed by atoms with Crippen LogP contribution in [0.5, 0.6) is 0 Å². The lowest BCUT2D eigenvalue weighted by atomic mass is 10.0. The van der Waals surface area contributed by atoms with Gasteiger partial charge in [-0.1, -0.05) is 42.5 Å². The lowest BCUT2D eigenvalue weighted by Gasteiger charge is -2.13. The fourth-order valence-electron chi connectivity index (χ4n) is 3.42. The van der Waals surface area contributed by atoms with Crippen LogP contribution < -0.4 is 5.32 Å². The first kappa shape index (κ1) is 18.6. The number of carbonyl (C=O) groups is 3. The van der Waals surface area contributed by atoms with Crippen molar-refractivity contribution in [1.82, 2.24) is 4.90 Å². The monoisotopic (exact) mass is 384 g/mol. The zero-order valence-electron chi connectivity index (χ0n) is 16.2. The number of amides is 3. The van der Waals surface area contributed by atoms with Crippen LogP contribution in [-0.2, 0) is 6.54 Å². The Bertz CT molecular complexity index is 1140. The number of rotatable bonds is 4. The van der Waals surface area contributed by atoms with E-state index in [1.165, 1.54) is 11.0 Å². The molecular formula is C24H20N2O3. The van der Waals surface area contributed by atoms with Crippen molar-refractivity contribution >= 4 is 23.4 Å². The molecule has 0 unspecified atom stereocenters. The van der Waals surface area contributed by atoms with E-state index in [0.717, 1.165) is 22.4 Å². The molecule has 5 heteroatoms. The van der Waals surface area contributed by atoms with E-state index in [2.05, 4.69) is 5.32 Å². The molecule has 29 heavy (non-hydrogen) atoms. The highest BCUT2D eigenvalue weighted by atomic mass is 16.2. The molecule has 0 atom stereocenters. The van der Waals surface area contributed by atoms with Gasteiger partial charge in [0.2, 0.25) is 0 Å². The fourth-order valence-corrected chi connectivity index (χ4v) is 3.42. The van der Waals surface area contributed by atoms with E-state index in [1.54, 1.807) is 12.1 Å². The van der Waals surface area contributed by atoms with Gasteiger partial charge >= 0.3 is 0 Å². The first-order chi connectivity index (χ1) is 14.0. The minimum absolute atomic E-state index is 0.206. The Balaban J connectivity index is 1.58. The van der Waals surface area contributed by atoms with Gasteiger partial charge in [0.1, 0.15) is 0 Å². The predicted molar refractivity (Wildman–Crippen MR) is 111 cm³/mol. The largest absolute Gasteiger partial charge is 0.322 e. The molecule has 1 N–H and O–H groups in total. The van der Waals surface area contributed by atoms with Crippen LogP contribution in [0.15, 0.2) is 66.7 Å². The molecule has 1 aliphatic rings. The minimum Gasteiger partial charge on any atom is -0.322 e. The number of fused-ring (bicyclic) bond motifs is 1. The van der Waals surface area contributed by atoms with Gasteiger partial charge in [-0.05, 0) is 54.8 Å². The molecule has 0 aliphatic carbocycles. The SMILES string of the molecule is Cc1cccc(NC(=O)c2ccc3c(c2)C(=O)N(Cc2ccccc2)C3=O)c1C. The Morgan fingerprint density at radius 3 is 2.34 bits per heavy atom. The number of benzene rings is 3. The van der Waals surface area contributed by atoms with Crippen molar-refractivity contribution in [2.75, 3.05) is 5.32 Å². The number of hydrogen-bond acceptors (Lipinski definition) is 3. The van der Waals surface area contributed by atoms with Gasteiger partial charge in [0.05, 0.1) is 17.7 Å². The van der Waals surface area contributed by atoms with Crippen molar-refractivity contribution in [3.8, 4) is 0 Å². The number of anilines is 1. The number of imide groups is 1. The van der Waals surface area contributed by atoms with E-state index in [-0.39, 0.29) is 29.8 Å². The zero-order valence-corrected chi connectivity index (χ0v) is 16.2. The standard InChI is InChI=1S/C24H20N2O3/c1-15-7-6-10-21(16(15)2)25-22(27)18-11-12-19-20(13-18)24(29)26(23(19)28)14-17-8-4-3-5-9-17/h3-13H,14H2,1-2H3,(H,25,27). The van der Waals surface area contributed by atoms with Crippen LogP contribution in [0.3, 0.4) is 0 Å². The van der Waals surface area contributed by atoms with E-state index in [4.69, 9.17) is 0 Å². The summed E-state index contributed by atoms with van der Waals surface area (Å²) in [4.78, 5) is 39.4. The van der Waals surface area contributed by atoms with Crippen molar-refractivity contribution in [3.05, 3.63) is 100 Å². The highest BCUT2D eigenvalue weighted by Gasteiger charge is 2.36. The lowest BCUT2D eigenvalue weighted by Crippen LogP contribution is -2.29. The van der Waals surface area contributed by atoms with Gasteiger partial charge in [0.25, 0.3) is 17.7 Å². The van der Waals surface area contributed by atoms with Crippen LogP contribution in [0.1, 0.15) is 47.8 Å². The maximum atomic E-state index is 12.8. The maximum absolute atomic E-state index is 12.8. The molecule has 3 aromatic carbocycles. The summed E-state index contributed by atoms with van der Waals surface area (Å²) in [6, 6.07) is 19.7. The molecule has 0 bridgehead atoms. The molecule has 3 aromatic rings. The average Bonchev–Trinajstić information content (AvgIpc) is 2.96. The number of nitrogens with one attached hydrogen (secondary N) is 1. The van der Waals surface area contributed by atoms with Gasteiger partial charge in [0.15, 0.2) is 0 Å². The van der Waals surface area contributed by atoms with Gasteiger partial charge in [-0.3, -0.25) is 19.3 Å². The molecule has 0 saturated heterocycles. The smallest absolute Gasteiger partial charge is 0.261 e. The van der Waals surface area contributed by atoms with E-state index in [1.807, 2.05) is 62.4 Å². The highest BCUT2D eigenvalue weighted by Crippen LogP contribution is 2.26. The number of carbonyl (C=O) groups excluding carboxylic acids is 3. The van der Waals surface area contributed by atoms with Gasteiger partial charge in [-0.25, -0.2) is 0 Å². The molecule has 1 aliphatic heterocycles. The Kier molecular flexibility index (Phi) is 4.72. The third-order valence-corrected chi connectivity index (χ3v) is 5.27. The highest BCUT2D eigenvalue weighted by molar-refractivity contribution is 6.22. The normalized spacial score (nSPS) is 12.8. The number of hydrogen-bond donors (Lipinski definition) is 1. The van der Waals surface area contributed by atoms with E-state index < -0.39 is 0 Å². The molecule has 0 radical (unpaired) electrons. The zero-order chi connectivity index (χ0) is 20.5. The summed E-state index contributed by atoms with van der Waals surface area (Å²) in [7, 11) is 0. The molecule has 4 rings (SSSR count). The second-order valence-corrected chi connectivity index (χ2v) is 7.14. The minimum atomic E-state index is -0.379. The third-order valence-electron chi connectivity index (χ3n) is 5.27. The second kappa shape index (κ2) is 7.36. The van der Waals surface area contributed by atoms with Crippen molar-refractivity contribution in [2.24, 2.45) is 0 Å². The van der Waals surface area contributed by atoms with Crippen LogP contribution in [-0.4, -0.2) is 22.6 Å². The molecule has 0 saturated carbocycles. The summed E-state index contributed by atoms with van der Waals surface area (Å²) in [6.07, 6.45) is 0. The Morgan fingerprint density at radius 1 is 0.862 bits per heavy atom. The Labute approximate surface area is 169 Å². The van der Waals surface area contributed by atoms with Gasteiger partial charge in [-0.2, -0.15) is 0 Å². The summed E-state index contributed by atoms with van der Waals surface area (Å²) in [5.41, 5.74) is 4.59. The summed E-state index contributed by atoms with van der Waals surface area (Å²) >= 11 is 0. The van der Waals surface area contributed by atoms with Crippen molar-refractivity contribution in [3.63, 3.8) is 0 Å². The molecule has 3 amide bonds. The van der Waals surface area contributed by atoms with E-state index in [9.17, 15) is 14.4 Å². The quantitative estimate of drug-likeness (QED) is 0.680. The Hall–Kier alpha value is -3.73. The maximum Gasteiger partial charge on any atom is 0.261 e. The molecule has 1 heterocycles. The van der Waals surface area contributed by atoms with E-state index in [0.29, 0.717) is 11.1 Å². The first-order valence-electron chi connectivity index (χ1n) is 9.37. The van der Waals surface area contributed by atoms with E-state index >= 15 is 0 Å². The van der Waals surface area contributed by atoms with Gasteiger partial charge in [-0.15, -0.1) is 0 Å². The van der Waals surface area contributed by atoms with Gasteiger partial charge < -0.3 is 5.32 Å². The summed E-state index contributed by atoms with van der Waals surface area (Å²) in [5, 5.41) is 2.89. The lowest BCUT2D eigenvalue weighted by molar-refractivity contribution is 0.0642. The molecule has 0 spiro atoms.